The first-order chi connectivity index (χ1) is 8.08. The van der Waals surface area contributed by atoms with Gasteiger partial charge in [0, 0.05) is 18.7 Å². The van der Waals surface area contributed by atoms with Crippen LogP contribution < -0.4 is 4.90 Å². The Balaban J connectivity index is 2.17. The Kier molecular flexibility index (Phi) is 3.51. The Morgan fingerprint density at radius 3 is 2.18 bits per heavy atom. The summed E-state index contributed by atoms with van der Waals surface area (Å²) in [5.74, 6) is 1.26. The molecule has 0 amide bonds. The van der Waals surface area contributed by atoms with Gasteiger partial charge in [0.15, 0.2) is 0 Å². The summed E-state index contributed by atoms with van der Waals surface area (Å²) < 4.78 is 0. The van der Waals surface area contributed by atoms with Gasteiger partial charge in [-0.25, -0.2) is 0 Å². The third kappa shape index (κ3) is 2.68. The van der Waals surface area contributed by atoms with Crippen LogP contribution in [0.2, 0.25) is 0 Å². The van der Waals surface area contributed by atoms with Crippen molar-refractivity contribution in [2.45, 2.75) is 39.5 Å². The van der Waals surface area contributed by atoms with Gasteiger partial charge in [-0.1, -0.05) is 18.9 Å². The molecule has 1 aromatic carbocycles. The average molecular weight is 230 g/mol. The third-order valence-corrected chi connectivity index (χ3v) is 3.70. The van der Waals surface area contributed by atoms with Crippen LogP contribution in [-0.4, -0.2) is 12.9 Å². The fourth-order valence-corrected chi connectivity index (χ4v) is 2.76. The van der Waals surface area contributed by atoms with Crippen LogP contribution >= 0.6 is 0 Å². The summed E-state index contributed by atoms with van der Waals surface area (Å²) in [6.07, 6.45) is 4.95. The Hall–Kier alpha value is -1.31. The van der Waals surface area contributed by atoms with Gasteiger partial charge in [-0.3, -0.25) is 5.41 Å². The van der Waals surface area contributed by atoms with Gasteiger partial charge in [-0.15, -0.1) is 0 Å². The van der Waals surface area contributed by atoms with Crippen LogP contribution in [0.1, 0.15) is 36.8 Å². The Bertz CT molecular complexity index is 397. The molecule has 2 rings (SSSR count). The van der Waals surface area contributed by atoms with Crippen LogP contribution in [0, 0.1) is 25.2 Å². The monoisotopic (exact) mass is 230 g/mol. The second-order valence-electron chi connectivity index (χ2n) is 5.27. The molecule has 0 bridgehead atoms. The minimum absolute atomic E-state index is 0.473. The Labute approximate surface area is 104 Å². The number of nitrogens with zero attached hydrogens (tertiary/aromatic N) is 1. The van der Waals surface area contributed by atoms with E-state index in [4.69, 9.17) is 5.41 Å². The van der Waals surface area contributed by atoms with Crippen LogP contribution in [0.15, 0.2) is 18.2 Å². The van der Waals surface area contributed by atoms with Crippen LogP contribution in [0.4, 0.5) is 5.69 Å². The van der Waals surface area contributed by atoms with Gasteiger partial charge in [0.2, 0.25) is 0 Å². The number of hydrogen-bond donors (Lipinski definition) is 1. The van der Waals surface area contributed by atoms with Gasteiger partial charge < -0.3 is 4.90 Å². The number of hydrogen-bond acceptors (Lipinski definition) is 1. The lowest BCUT2D eigenvalue weighted by Crippen LogP contribution is -2.31. The molecule has 2 heteroatoms. The van der Waals surface area contributed by atoms with Gasteiger partial charge in [-0.05, 0) is 49.9 Å². The maximum atomic E-state index is 8.30. The zero-order valence-corrected chi connectivity index (χ0v) is 11.1. The number of aryl methyl sites for hydroxylation is 2. The molecule has 1 fully saturated rings. The molecule has 1 N–H and O–H groups in total. The molecule has 17 heavy (non-hydrogen) atoms. The van der Waals surface area contributed by atoms with Gasteiger partial charge in [0.1, 0.15) is 5.84 Å². The standard InChI is InChI=1S/C15H22N2/c1-11-8-12(2)10-14(9-11)17(3)15(16)13-6-4-5-7-13/h8-10,13,16H,4-7H2,1-3H3. The first kappa shape index (κ1) is 12.2. The molecule has 92 valence electrons. The molecule has 0 aliphatic heterocycles. The van der Waals surface area contributed by atoms with E-state index >= 15 is 0 Å². The van der Waals surface area contributed by atoms with E-state index in [1.54, 1.807) is 0 Å². The Morgan fingerprint density at radius 2 is 1.65 bits per heavy atom. The molecule has 0 saturated heterocycles. The number of nitrogens with one attached hydrogen (secondary N) is 1. The van der Waals surface area contributed by atoms with E-state index in [0.717, 1.165) is 11.5 Å². The van der Waals surface area contributed by atoms with Crippen molar-refractivity contribution in [2.24, 2.45) is 5.92 Å². The molecule has 0 aromatic heterocycles. The summed E-state index contributed by atoms with van der Waals surface area (Å²) in [6.45, 7) is 4.23. The van der Waals surface area contributed by atoms with Crippen LogP contribution in [0.5, 0.6) is 0 Å². The molecule has 2 nitrogen and oxygen atoms in total. The van der Waals surface area contributed by atoms with Crippen molar-refractivity contribution in [3.05, 3.63) is 29.3 Å². The molecule has 1 aromatic rings. The Morgan fingerprint density at radius 1 is 1.12 bits per heavy atom. The van der Waals surface area contributed by atoms with E-state index in [-0.39, 0.29) is 0 Å². The van der Waals surface area contributed by atoms with Crippen molar-refractivity contribution in [2.75, 3.05) is 11.9 Å². The molecule has 0 atom stereocenters. The average Bonchev–Trinajstić information content (AvgIpc) is 2.79. The quantitative estimate of drug-likeness (QED) is 0.605. The SMILES string of the molecule is Cc1cc(C)cc(N(C)C(=N)C2CCCC2)c1. The predicted octanol–water partition coefficient (Wildman–Crippen LogP) is 3.91. The molecule has 0 unspecified atom stereocenters. The van der Waals surface area contributed by atoms with Crippen molar-refractivity contribution in [3.8, 4) is 0 Å². The predicted molar refractivity (Wildman–Crippen MR) is 74.0 cm³/mol. The van der Waals surface area contributed by atoms with E-state index in [2.05, 4.69) is 36.9 Å². The van der Waals surface area contributed by atoms with E-state index < -0.39 is 0 Å². The molecular weight excluding hydrogens is 208 g/mol. The normalized spacial score (nSPS) is 16.2. The molecule has 1 aliphatic carbocycles. The lowest BCUT2D eigenvalue weighted by Gasteiger charge is -2.25. The van der Waals surface area contributed by atoms with Crippen molar-refractivity contribution < 1.29 is 0 Å². The fourth-order valence-electron chi connectivity index (χ4n) is 2.76. The summed E-state index contributed by atoms with van der Waals surface area (Å²) in [5, 5.41) is 8.30. The second-order valence-corrected chi connectivity index (χ2v) is 5.27. The summed E-state index contributed by atoms with van der Waals surface area (Å²) in [4.78, 5) is 2.05. The first-order valence-corrected chi connectivity index (χ1v) is 6.48. The van der Waals surface area contributed by atoms with Crippen LogP contribution in [0.3, 0.4) is 0 Å². The van der Waals surface area contributed by atoms with Gasteiger partial charge in [0.05, 0.1) is 0 Å². The molecule has 0 heterocycles. The summed E-state index contributed by atoms with van der Waals surface area (Å²) in [7, 11) is 2.02. The van der Waals surface area contributed by atoms with Gasteiger partial charge in [0.25, 0.3) is 0 Å². The molecule has 0 radical (unpaired) electrons. The maximum Gasteiger partial charge on any atom is 0.103 e. The molecule has 0 spiro atoms. The second kappa shape index (κ2) is 4.91. The zero-order valence-electron chi connectivity index (χ0n) is 11.1. The van der Waals surface area contributed by atoms with E-state index in [0.29, 0.717) is 5.92 Å². The first-order valence-electron chi connectivity index (χ1n) is 6.48. The van der Waals surface area contributed by atoms with Crippen molar-refractivity contribution in [3.63, 3.8) is 0 Å². The van der Waals surface area contributed by atoms with Gasteiger partial charge in [-0.2, -0.15) is 0 Å². The van der Waals surface area contributed by atoms with E-state index in [1.165, 1.54) is 36.8 Å². The largest absolute Gasteiger partial charge is 0.333 e. The summed E-state index contributed by atoms with van der Waals surface area (Å²) in [6, 6.07) is 6.50. The fraction of sp³-hybridized carbons (Fsp3) is 0.533. The van der Waals surface area contributed by atoms with Crippen LogP contribution in [0.25, 0.3) is 0 Å². The lowest BCUT2D eigenvalue weighted by molar-refractivity contribution is 0.710. The van der Waals surface area contributed by atoms with Crippen molar-refractivity contribution >= 4 is 11.5 Å². The maximum absolute atomic E-state index is 8.30. The number of benzene rings is 1. The smallest absolute Gasteiger partial charge is 0.103 e. The highest BCUT2D eigenvalue weighted by atomic mass is 15.1. The highest BCUT2D eigenvalue weighted by Crippen LogP contribution is 2.28. The zero-order chi connectivity index (χ0) is 12.4. The van der Waals surface area contributed by atoms with Crippen molar-refractivity contribution in [1.82, 2.24) is 0 Å². The topological polar surface area (TPSA) is 27.1 Å². The minimum atomic E-state index is 0.473. The van der Waals surface area contributed by atoms with E-state index in [1.807, 2.05) is 7.05 Å². The summed E-state index contributed by atoms with van der Waals surface area (Å²) >= 11 is 0. The lowest BCUT2D eigenvalue weighted by atomic mass is 10.0. The third-order valence-electron chi connectivity index (χ3n) is 3.70. The number of amidine groups is 1. The number of anilines is 1. The minimum Gasteiger partial charge on any atom is -0.333 e. The highest BCUT2D eigenvalue weighted by molar-refractivity contribution is 5.96. The molecule has 1 aliphatic rings. The van der Waals surface area contributed by atoms with Gasteiger partial charge >= 0.3 is 0 Å². The van der Waals surface area contributed by atoms with Crippen LogP contribution in [-0.2, 0) is 0 Å². The highest BCUT2D eigenvalue weighted by Gasteiger charge is 2.22. The summed E-state index contributed by atoms with van der Waals surface area (Å²) in [5.41, 5.74) is 3.69. The van der Waals surface area contributed by atoms with E-state index in [9.17, 15) is 0 Å². The van der Waals surface area contributed by atoms with Crippen molar-refractivity contribution in [1.29, 1.82) is 5.41 Å². The molecule has 1 saturated carbocycles. The number of rotatable bonds is 2. The molecular formula is C15H22N2.